The van der Waals surface area contributed by atoms with Crippen LogP contribution >= 0.6 is 11.8 Å². The van der Waals surface area contributed by atoms with Gasteiger partial charge in [-0.1, -0.05) is 6.07 Å². The molecule has 0 aliphatic rings. The molecule has 3 aromatic rings. The second-order valence-electron chi connectivity index (χ2n) is 4.41. The summed E-state index contributed by atoms with van der Waals surface area (Å²) >= 11 is 1.43. The molecule has 20 heavy (non-hydrogen) atoms. The highest BCUT2D eigenvalue weighted by atomic mass is 32.2. The molecule has 3 heterocycles. The monoisotopic (exact) mass is 286 g/mol. The molecule has 2 N–H and O–H groups in total. The molecular weight excluding hydrogens is 272 g/mol. The maximum Gasteiger partial charge on any atom is 0.201 e. The van der Waals surface area contributed by atoms with Gasteiger partial charge in [0.2, 0.25) is 5.16 Å². The molecule has 0 atom stereocenters. The number of hydrogen-bond acceptors (Lipinski definition) is 6. The van der Waals surface area contributed by atoms with E-state index in [1.807, 2.05) is 42.6 Å². The van der Waals surface area contributed by atoms with E-state index in [-0.39, 0.29) is 0 Å². The summed E-state index contributed by atoms with van der Waals surface area (Å²) in [6.07, 6.45) is 1.92. The number of hydrogen-bond donors (Lipinski definition) is 1. The Morgan fingerprint density at radius 3 is 2.80 bits per heavy atom. The molecule has 0 aromatic carbocycles. The summed E-state index contributed by atoms with van der Waals surface area (Å²) < 4.78 is 1.92. The normalized spacial score (nSPS) is 11.2. The Hall–Kier alpha value is -1.99. The van der Waals surface area contributed by atoms with Crippen LogP contribution in [0.1, 0.15) is 16.8 Å². The van der Waals surface area contributed by atoms with Gasteiger partial charge in [0.1, 0.15) is 5.03 Å². The fraction of sp³-hybridized carbons (Fsp3) is 0.231. The molecule has 0 radical (unpaired) electrons. The number of pyridine rings is 1. The lowest BCUT2D eigenvalue weighted by Crippen LogP contribution is -2.07. The van der Waals surface area contributed by atoms with Crippen LogP contribution in [0, 0.1) is 13.8 Å². The van der Waals surface area contributed by atoms with Crippen molar-refractivity contribution >= 4 is 17.4 Å². The first-order valence-electron chi connectivity index (χ1n) is 6.21. The number of aromatic nitrogens is 5. The Bertz CT molecular complexity index is 767. The Morgan fingerprint density at radius 1 is 1.15 bits per heavy atom. The Morgan fingerprint density at radius 2 is 2.00 bits per heavy atom. The largest absolute Gasteiger partial charge is 0.326 e. The third-order valence-corrected chi connectivity index (χ3v) is 4.20. The first kappa shape index (κ1) is 13.0. The highest BCUT2D eigenvalue weighted by Crippen LogP contribution is 2.29. The Balaban J connectivity index is 2.05. The summed E-state index contributed by atoms with van der Waals surface area (Å²) in [7, 11) is 0. The molecule has 0 saturated carbocycles. The molecule has 0 fully saturated rings. The Kier molecular flexibility index (Phi) is 3.37. The van der Waals surface area contributed by atoms with Crippen LogP contribution in [0.2, 0.25) is 0 Å². The lowest BCUT2D eigenvalue weighted by Gasteiger charge is -2.09. The van der Waals surface area contributed by atoms with Crippen LogP contribution in [0.15, 0.2) is 34.6 Å². The summed E-state index contributed by atoms with van der Waals surface area (Å²) in [5.74, 6) is 0. The van der Waals surface area contributed by atoms with Crippen molar-refractivity contribution in [3.8, 4) is 0 Å². The summed E-state index contributed by atoms with van der Waals surface area (Å²) in [5.41, 5.74) is 9.64. The topological polar surface area (TPSA) is 82.0 Å². The van der Waals surface area contributed by atoms with Crippen LogP contribution in [-0.2, 0) is 6.54 Å². The van der Waals surface area contributed by atoms with E-state index >= 15 is 0 Å². The molecule has 0 amide bonds. The van der Waals surface area contributed by atoms with Gasteiger partial charge in [-0.05, 0) is 43.3 Å². The van der Waals surface area contributed by atoms with E-state index < -0.39 is 0 Å². The molecule has 0 saturated heterocycles. The molecule has 7 heteroatoms. The van der Waals surface area contributed by atoms with Crippen molar-refractivity contribution in [2.24, 2.45) is 5.73 Å². The molecule has 6 nitrogen and oxygen atoms in total. The first-order valence-corrected chi connectivity index (χ1v) is 7.03. The predicted octanol–water partition coefficient (Wildman–Crippen LogP) is 1.75. The van der Waals surface area contributed by atoms with Gasteiger partial charge in [-0.2, -0.15) is 5.10 Å². The van der Waals surface area contributed by atoms with Crippen molar-refractivity contribution in [2.75, 3.05) is 0 Å². The lowest BCUT2D eigenvalue weighted by molar-refractivity contribution is 0.818. The summed E-state index contributed by atoms with van der Waals surface area (Å²) in [5, 5.41) is 18.3. The van der Waals surface area contributed by atoms with Crippen LogP contribution < -0.4 is 5.73 Å². The smallest absolute Gasteiger partial charge is 0.201 e. The van der Waals surface area contributed by atoms with Crippen molar-refractivity contribution in [1.29, 1.82) is 0 Å². The van der Waals surface area contributed by atoms with Gasteiger partial charge < -0.3 is 5.73 Å². The van der Waals surface area contributed by atoms with E-state index in [0.717, 1.165) is 32.7 Å². The summed E-state index contributed by atoms with van der Waals surface area (Å²) in [6, 6.07) is 5.78. The molecule has 0 aliphatic carbocycles. The van der Waals surface area contributed by atoms with Gasteiger partial charge in [-0.3, -0.25) is 4.40 Å². The van der Waals surface area contributed by atoms with E-state index in [4.69, 9.17) is 5.73 Å². The molecule has 0 spiro atoms. The lowest BCUT2D eigenvalue weighted by atomic mass is 10.1. The SMILES string of the molecule is Cc1nnc(Sc2nnc3ccccn23)c(CN)c1C. The molecule has 102 valence electrons. The fourth-order valence-electron chi connectivity index (χ4n) is 1.93. The zero-order chi connectivity index (χ0) is 14.1. The van der Waals surface area contributed by atoms with Crippen LogP contribution in [0.5, 0.6) is 0 Å². The third-order valence-electron chi connectivity index (χ3n) is 3.22. The molecule has 3 aromatic heterocycles. The quantitative estimate of drug-likeness (QED) is 0.790. The number of rotatable bonds is 3. The average molecular weight is 286 g/mol. The van der Waals surface area contributed by atoms with Crippen LogP contribution in [-0.4, -0.2) is 24.8 Å². The number of aryl methyl sites for hydroxylation is 1. The van der Waals surface area contributed by atoms with E-state index in [1.165, 1.54) is 11.8 Å². The van der Waals surface area contributed by atoms with Gasteiger partial charge in [0.05, 0.1) is 5.69 Å². The third kappa shape index (κ3) is 2.14. The zero-order valence-corrected chi connectivity index (χ0v) is 12.1. The van der Waals surface area contributed by atoms with Gasteiger partial charge in [0.25, 0.3) is 0 Å². The standard InChI is InChI=1S/C13H14N6S/c1-8-9(2)15-17-12(10(8)7-14)20-13-18-16-11-5-3-4-6-19(11)13/h3-6H,7,14H2,1-2H3. The Labute approximate surface area is 120 Å². The van der Waals surface area contributed by atoms with Gasteiger partial charge in [0, 0.05) is 18.3 Å². The van der Waals surface area contributed by atoms with Crippen LogP contribution in [0.25, 0.3) is 5.65 Å². The fourth-order valence-corrected chi connectivity index (χ4v) is 2.88. The molecule has 0 bridgehead atoms. The maximum atomic E-state index is 5.84. The molecule has 3 rings (SSSR count). The number of nitrogens with two attached hydrogens (primary N) is 1. The summed E-state index contributed by atoms with van der Waals surface area (Å²) in [4.78, 5) is 0. The second-order valence-corrected chi connectivity index (χ2v) is 5.37. The predicted molar refractivity (Wildman–Crippen MR) is 76.5 cm³/mol. The van der Waals surface area contributed by atoms with Crippen molar-refractivity contribution in [3.63, 3.8) is 0 Å². The number of nitrogens with zero attached hydrogens (tertiary/aromatic N) is 5. The van der Waals surface area contributed by atoms with Gasteiger partial charge in [-0.15, -0.1) is 15.3 Å². The van der Waals surface area contributed by atoms with Crippen molar-refractivity contribution in [1.82, 2.24) is 24.8 Å². The van der Waals surface area contributed by atoms with E-state index in [2.05, 4.69) is 20.4 Å². The van der Waals surface area contributed by atoms with Gasteiger partial charge >= 0.3 is 0 Å². The molecule has 0 unspecified atom stereocenters. The van der Waals surface area contributed by atoms with Crippen molar-refractivity contribution in [2.45, 2.75) is 30.6 Å². The van der Waals surface area contributed by atoms with Crippen molar-refractivity contribution < 1.29 is 0 Å². The molecule has 0 aliphatic heterocycles. The van der Waals surface area contributed by atoms with E-state index in [0.29, 0.717) is 6.54 Å². The zero-order valence-electron chi connectivity index (χ0n) is 11.2. The second kappa shape index (κ2) is 5.18. The van der Waals surface area contributed by atoms with Crippen molar-refractivity contribution in [3.05, 3.63) is 41.2 Å². The minimum absolute atomic E-state index is 0.432. The average Bonchev–Trinajstić information content (AvgIpc) is 2.87. The van der Waals surface area contributed by atoms with E-state index in [9.17, 15) is 0 Å². The first-order chi connectivity index (χ1) is 9.70. The molecular formula is C13H14N6S. The maximum absolute atomic E-state index is 5.84. The summed E-state index contributed by atoms with van der Waals surface area (Å²) in [6.45, 7) is 4.38. The van der Waals surface area contributed by atoms with Crippen LogP contribution in [0.4, 0.5) is 0 Å². The van der Waals surface area contributed by atoms with Crippen LogP contribution in [0.3, 0.4) is 0 Å². The minimum Gasteiger partial charge on any atom is -0.326 e. The van der Waals surface area contributed by atoms with E-state index in [1.54, 1.807) is 0 Å². The number of fused-ring (bicyclic) bond motifs is 1. The minimum atomic E-state index is 0.432. The van der Waals surface area contributed by atoms with Gasteiger partial charge in [-0.25, -0.2) is 0 Å². The highest BCUT2D eigenvalue weighted by Gasteiger charge is 2.14. The highest BCUT2D eigenvalue weighted by molar-refractivity contribution is 7.99. The van der Waals surface area contributed by atoms with Gasteiger partial charge in [0.15, 0.2) is 5.65 Å².